The van der Waals surface area contributed by atoms with Gasteiger partial charge in [-0.15, -0.1) is 0 Å². The molecule has 138 valence electrons. The molecular weight excluding hydrogens is 318 g/mol. The zero-order chi connectivity index (χ0) is 18.4. The first-order valence-electron chi connectivity index (χ1n) is 9.16. The summed E-state index contributed by atoms with van der Waals surface area (Å²) < 4.78 is 5.17. The summed E-state index contributed by atoms with van der Waals surface area (Å²) in [5.74, 6) is -0.321. The SMILES string of the molecule is CCCC[C@](C)(C(=O)N1C(=O)OC[C@@H]1Cc1ccccc1)[C@@H](O)CC. The van der Waals surface area contributed by atoms with Gasteiger partial charge in [0.15, 0.2) is 0 Å². The van der Waals surface area contributed by atoms with E-state index in [1.54, 1.807) is 6.92 Å². The Morgan fingerprint density at radius 1 is 1.36 bits per heavy atom. The van der Waals surface area contributed by atoms with E-state index in [1.807, 2.05) is 44.2 Å². The highest BCUT2D eigenvalue weighted by Crippen LogP contribution is 2.35. The van der Waals surface area contributed by atoms with E-state index in [0.29, 0.717) is 19.3 Å². The highest BCUT2D eigenvalue weighted by molar-refractivity contribution is 5.97. The normalized spacial score (nSPS) is 20.9. The number of carbonyl (C=O) groups excluding carboxylic acids is 2. The first-order chi connectivity index (χ1) is 11.9. The second-order valence-corrected chi connectivity index (χ2v) is 7.04. The van der Waals surface area contributed by atoms with Crippen molar-refractivity contribution in [1.29, 1.82) is 0 Å². The molecule has 0 aromatic heterocycles. The fraction of sp³-hybridized carbons (Fsp3) is 0.600. The number of cyclic esters (lactones) is 1. The number of benzene rings is 1. The van der Waals surface area contributed by atoms with Gasteiger partial charge in [0.25, 0.3) is 0 Å². The smallest absolute Gasteiger partial charge is 0.417 e. The van der Waals surface area contributed by atoms with E-state index in [9.17, 15) is 14.7 Å². The maximum absolute atomic E-state index is 13.2. The van der Waals surface area contributed by atoms with Crippen LogP contribution in [0.25, 0.3) is 0 Å². The van der Waals surface area contributed by atoms with Crippen molar-refractivity contribution < 1.29 is 19.4 Å². The number of amides is 2. The summed E-state index contributed by atoms with van der Waals surface area (Å²) in [5.41, 5.74) is 0.0816. The molecular formula is C20H29NO4. The van der Waals surface area contributed by atoms with Crippen LogP contribution in [0.1, 0.15) is 52.0 Å². The largest absolute Gasteiger partial charge is 0.447 e. The number of imide groups is 1. The van der Waals surface area contributed by atoms with E-state index in [4.69, 9.17) is 4.74 Å². The van der Waals surface area contributed by atoms with Crippen LogP contribution in [0.2, 0.25) is 0 Å². The van der Waals surface area contributed by atoms with Gasteiger partial charge in [-0.05, 0) is 31.7 Å². The number of unbranched alkanes of at least 4 members (excludes halogenated alkanes) is 1. The van der Waals surface area contributed by atoms with Crippen molar-refractivity contribution in [2.45, 2.75) is 65.0 Å². The van der Waals surface area contributed by atoms with Crippen molar-refractivity contribution in [2.75, 3.05) is 6.61 Å². The van der Waals surface area contributed by atoms with Gasteiger partial charge < -0.3 is 9.84 Å². The third-order valence-corrected chi connectivity index (χ3v) is 5.15. The van der Waals surface area contributed by atoms with Gasteiger partial charge in [0.2, 0.25) is 5.91 Å². The standard InChI is InChI=1S/C20H29NO4/c1-4-6-12-20(3,17(22)5-2)18(23)21-16(14-25-19(21)24)13-15-10-8-7-9-11-15/h7-11,16-17,22H,4-6,12-14H2,1-3H3/t16-,17-,20-/m0/s1. The summed E-state index contributed by atoms with van der Waals surface area (Å²) >= 11 is 0. The molecule has 5 heteroatoms. The Kier molecular flexibility index (Phi) is 6.59. The van der Waals surface area contributed by atoms with Crippen LogP contribution in [-0.2, 0) is 16.0 Å². The average molecular weight is 347 g/mol. The summed E-state index contributed by atoms with van der Waals surface area (Å²) in [6.45, 7) is 5.87. The molecule has 1 N–H and O–H groups in total. The van der Waals surface area contributed by atoms with Gasteiger partial charge >= 0.3 is 6.09 Å². The molecule has 1 aliphatic heterocycles. The lowest BCUT2D eigenvalue weighted by molar-refractivity contribution is -0.146. The van der Waals surface area contributed by atoms with Gasteiger partial charge in [-0.2, -0.15) is 0 Å². The monoisotopic (exact) mass is 347 g/mol. The molecule has 1 fully saturated rings. The lowest BCUT2D eigenvalue weighted by Gasteiger charge is -2.36. The summed E-state index contributed by atoms with van der Waals surface area (Å²) in [5, 5.41) is 10.5. The quantitative estimate of drug-likeness (QED) is 0.781. The summed E-state index contributed by atoms with van der Waals surface area (Å²) in [4.78, 5) is 26.7. The molecule has 1 heterocycles. The maximum Gasteiger partial charge on any atom is 0.417 e. The van der Waals surface area contributed by atoms with E-state index in [2.05, 4.69) is 0 Å². The second-order valence-electron chi connectivity index (χ2n) is 7.04. The lowest BCUT2D eigenvalue weighted by atomic mass is 9.76. The Balaban J connectivity index is 2.24. The fourth-order valence-corrected chi connectivity index (χ4v) is 3.43. The van der Waals surface area contributed by atoms with Crippen molar-refractivity contribution in [1.82, 2.24) is 4.90 Å². The molecule has 0 spiro atoms. The number of rotatable bonds is 8. The first-order valence-corrected chi connectivity index (χ1v) is 9.16. The van der Waals surface area contributed by atoms with Crippen LogP contribution in [0.4, 0.5) is 4.79 Å². The lowest BCUT2D eigenvalue weighted by Crippen LogP contribution is -2.52. The van der Waals surface area contributed by atoms with Gasteiger partial charge in [-0.1, -0.05) is 57.0 Å². The van der Waals surface area contributed by atoms with Crippen molar-refractivity contribution in [2.24, 2.45) is 5.41 Å². The highest BCUT2D eigenvalue weighted by atomic mass is 16.6. The zero-order valence-electron chi connectivity index (χ0n) is 15.4. The Morgan fingerprint density at radius 3 is 2.64 bits per heavy atom. The number of hydrogen-bond acceptors (Lipinski definition) is 4. The number of carbonyl (C=O) groups is 2. The van der Waals surface area contributed by atoms with Crippen molar-refractivity contribution in [3.05, 3.63) is 35.9 Å². The third kappa shape index (κ3) is 4.21. The number of hydrogen-bond donors (Lipinski definition) is 1. The van der Waals surface area contributed by atoms with Gasteiger partial charge in [0.05, 0.1) is 17.6 Å². The topological polar surface area (TPSA) is 66.8 Å². The average Bonchev–Trinajstić information content (AvgIpc) is 2.99. The van der Waals surface area contributed by atoms with E-state index in [0.717, 1.165) is 18.4 Å². The molecule has 0 bridgehead atoms. The van der Waals surface area contributed by atoms with Gasteiger partial charge in [-0.3, -0.25) is 4.79 Å². The van der Waals surface area contributed by atoms with E-state index < -0.39 is 17.6 Å². The van der Waals surface area contributed by atoms with Crippen LogP contribution in [0.3, 0.4) is 0 Å². The Labute approximate surface area is 150 Å². The predicted octanol–water partition coefficient (Wildman–Crippen LogP) is 3.54. The molecule has 25 heavy (non-hydrogen) atoms. The molecule has 1 aromatic rings. The summed E-state index contributed by atoms with van der Waals surface area (Å²) in [6.07, 6.45) is 1.96. The molecule has 0 aliphatic carbocycles. The van der Waals surface area contributed by atoms with Gasteiger partial charge in [-0.25, -0.2) is 9.69 Å². The molecule has 0 radical (unpaired) electrons. The van der Waals surface area contributed by atoms with E-state index >= 15 is 0 Å². The molecule has 1 saturated heterocycles. The van der Waals surface area contributed by atoms with Crippen molar-refractivity contribution in [3.63, 3.8) is 0 Å². The van der Waals surface area contributed by atoms with Crippen LogP contribution in [0.15, 0.2) is 30.3 Å². The van der Waals surface area contributed by atoms with Crippen LogP contribution in [0, 0.1) is 5.41 Å². The third-order valence-electron chi connectivity index (χ3n) is 5.15. The number of aliphatic hydroxyl groups is 1. The Bertz CT molecular complexity index is 589. The minimum absolute atomic E-state index is 0.200. The number of nitrogens with zero attached hydrogens (tertiary/aromatic N) is 1. The van der Waals surface area contributed by atoms with Gasteiger partial charge in [0, 0.05) is 0 Å². The van der Waals surface area contributed by atoms with E-state index in [-0.39, 0.29) is 18.6 Å². The number of aliphatic hydroxyl groups excluding tert-OH is 1. The maximum atomic E-state index is 13.2. The first kappa shape index (κ1) is 19.4. The van der Waals surface area contributed by atoms with Crippen LogP contribution < -0.4 is 0 Å². The van der Waals surface area contributed by atoms with Crippen LogP contribution in [0.5, 0.6) is 0 Å². The molecule has 2 rings (SSSR count). The van der Waals surface area contributed by atoms with Gasteiger partial charge in [0.1, 0.15) is 6.61 Å². The van der Waals surface area contributed by atoms with E-state index in [1.165, 1.54) is 4.90 Å². The molecule has 5 nitrogen and oxygen atoms in total. The summed E-state index contributed by atoms with van der Waals surface area (Å²) in [6, 6.07) is 9.43. The molecule has 0 saturated carbocycles. The Morgan fingerprint density at radius 2 is 2.04 bits per heavy atom. The molecule has 2 amide bonds. The highest BCUT2D eigenvalue weighted by Gasteiger charge is 2.48. The van der Waals surface area contributed by atoms with Crippen molar-refractivity contribution >= 4 is 12.0 Å². The van der Waals surface area contributed by atoms with Crippen LogP contribution in [-0.4, -0.2) is 40.8 Å². The zero-order valence-corrected chi connectivity index (χ0v) is 15.4. The molecule has 1 aliphatic rings. The predicted molar refractivity (Wildman–Crippen MR) is 96.1 cm³/mol. The van der Waals surface area contributed by atoms with Crippen LogP contribution >= 0.6 is 0 Å². The van der Waals surface area contributed by atoms with Crippen molar-refractivity contribution in [3.8, 4) is 0 Å². The summed E-state index contributed by atoms with van der Waals surface area (Å²) in [7, 11) is 0. The number of ether oxygens (including phenoxy) is 1. The molecule has 1 aromatic carbocycles. The Hall–Kier alpha value is -1.88. The minimum atomic E-state index is -0.969. The molecule has 3 atom stereocenters. The fourth-order valence-electron chi connectivity index (χ4n) is 3.43. The second kappa shape index (κ2) is 8.48. The molecule has 0 unspecified atom stereocenters. The minimum Gasteiger partial charge on any atom is -0.447 e.